The zero-order valence-electron chi connectivity index (χ0n) is 46.5. The van der Waals surface area contributed by atoms with E-state index in [0.717, 1.165) is 137 Å². The Labute approximate surface area is 472 Å². The molecule has 6 fully saturated rings. The molecule has 6 aliphatic rings. The SMILES string of the molecule is Cc1ncsc1-c1ccc([C@H](C)NC(=O)[C@@H]2C[C@@H](O)CN2C(=O)[C@@H](c2cc(N3CCC(CN4CCC(OC5CC(n6cc(CN7C8CCC7CN(c7cc(-c9ccccc9O)nnc7N)C8)cn6)C5)CC4)CC3)no2)C(C)C)cc1. The number of benzene rings is 2. The molecule has 0 radical (unpaired) electrons. The number of rotatable bonds is 17. The van der Waals surface area contributed by atoms with Crippen molar-refractivity contribution in [3.63, 3.8) is 0 Å². The van der Waals surface area contributed by atoms with Crippen LogP contribution in [0.15, 0.2) is 83.1 Å². The van der Waals surface area contributed by atoms with Crippen molar-refractivity contribution in [3.8, 4) is 27.4 Å². The molecule has 2 aromatic carbocycles. The van der Waals surface area contributed by atoms with Gasteiger partial charge in [-0.2, -0.15) is 5.10 Å². The average Bonchev–Trinajstić information content (AvgIpc) is 4.33. The van der Waals surface area contributed by atoms with Gasteiger partial charge < -0.3 is 50.1 Å². The number of aryl methyl sites for hydroxylation is 1. The Morgan fingerprint density at radius 3 is 2.34 bits per heavy atom. The first-order valence-electron chi connectivity index (χ1n) is 29.1. The molecule has 2 amide bonds. The number of piperidine rings is 2. The summed E-state index contributed by atoms with van der Waals surface area (Å²) in [5.41, 5.74) is 14.7. The molecule has 2 bridgehead atoms. The Morgan fingerprint density at radius 1 is 0.875 bits per heavy atom. The van der Waals surface area contributed by atoms with Crippen molar-refractivity contribution >= 4 is 40.5 Å². The molecule has 80 heavy (non-hydrogen) atoms. The fourth-order valence-electron chi connectivity index (χ4n) is 13.5. The van der Waals surface area contributed by atoms with E-state index in [1.165, 1.54) is 5.56 Å². The molecule has 5 aliphatic heterocycles. The lowest BCUT2D eigenvalue weighted by Crippen LogP contribution is -2.53. The number of aromatic nitrogens is 6. The molecule has 5 N–H and O–H groups in total. The van der Waals surface area contributed by atoms with Gasteiger partial charge in [0.2, 0.25) is 11.8 Å². The first-order valence-corrected chi connectivity index (χ1v) is 30.0. The standard InChI is InChI=1S/C60H77N13O6S/c1-36(2)56(60(77)72-34-46(74)25-52(72)59(76)64-37(3)41-9-11-42(12-10-41)57-38(4)62-35-80-57)54-27-55(67-79-54)69-21-15-39(16-22-69)29-68-19-17-47(18-20-68)78-48-23-45(24-48)73-31-40(28-63-73)30-71-43-13-14-44(71)33-70(32-43)51-26-50(65-66-58(51)61)49-7-5-6-8-53(49)75/h5-12,26-28,31,35-37,39,43-48,52,56,74-75H,13-25,29-30,32-34H2,1-4H3,(H2,61,66)(H,64,76)/t37-,43?,44?,45?,46+,48?,52-,56+/m0/s1. The molecule has 19 nitrogen and oxygen atoms in total. The molecule has 12 rings (SSSR count). The van der Waals surface area contributed by atoms with Gasteiger partial charge in [0, 0.05) is 101 Å². The van der Waals surface area contributed by atoms with Crippen LogP contribution in [0.3, 0.4) is 0 Å². The molecular weight excluding hydrogens is 1030 g/mol. The zero-order chi connectivity index (χ0) is 55.2. The number of β-amino-alcohol motifs (C(OH)–C–C–N with tert-alkyl or cyclic N) is 1. The van der Waals surface area contributed by atoms with E-state index in [9.17, 15) is 19.8 Å². The number of piperazine rings is 1. The fourth-order valence-corrected chi connectivity index (χ4v) is 14.4. The molecule has 2 unspecified atom stereocenters. The molecule has 1 aliphatic carbocycles. The highest BCUT2D eigenvalue weighted by molar-refractivity contribution is 7.13. The number of aliphatic hydroxyl groups excluding tert-OH is 1. The largest absolute Gasteiger partial charge is 0.507 e. The third kappa shape index (κ3) is 11.4. The second-order valence-electron chi connectivity index (χ2n) is 23.9. The maximum absolute atomic E-state index is 14.4. The van der Waals surface area contributed by atoms with Crippen molar-refractivity contribution in [1.29, 1.82) is 0 Å². The van der Waals surface area contributed by atoms with E-state index < -0.39 is 18.1 Å². The molecule has 6 atom stereocenters. The quantitative estimate of drug-likeness (QED) is 0.0691. The number of phenols is 1. The van der Waals surface area contributed by atoms with E-state index in [1.54, 1.807) is 28.4 Å². The number of hydrogen-bond donors (Lipinski definition) is 4. The van der Waals surface area contributed by atoms with Gasteiger partial charge in [-0.15, -0.1) is 21.5 Å². The first-order chi connectivity index (χ1) is 38.8. The normalized spacial score (nSPS) is 24.9. The van der Waals surface area contributed by atoms with Crippen LogP contribution in [0.2, 0.25) is 0 Å². The minimum Gasteiger partial charge on any atom is -0.507 e. The van der Waals surface area contributed by atoms with Crippen molar-refractivity contribution in [1.82, 2.24) is 50.1 Å². The van der Waals surface area contributed by atoms with Crippen LogP contribution >= 0.6 is 11.3 Å². The van der Waals surface area contributed by atoms with E-state index >= 15 is 0 Å². The summed E-state index contributed by atoms with van der Waals surface area (Å²) in [4.78, 5) is 45.2. The highest BCUT2D eigenvalue weighted by Gasteiger charge is 2.45. The second kappa shape index (κ2) is 23.2. The van der Waals surface area contributed by atoms with Gasteiger partial charge >= 0.3 is 0 Å². The van der Waals surface area contributed by atoms with E-state index in [1.807, 2.05) is 81.7 Å². The van der Waals surface area contributed by atoms with Gasteiger partial charge in [-0.25, -0.2) is 4.98 Å². The van der Waals surface area contributed by atoms with Crippen molar-refractivity contribution in [2.24, 2.45) is 11.8 Å². The summed E-state index contributed by atoms with van der Waals surface area (Å²) in [6.45, 7) is 15.5. The highest BCUT2D eigenvalue weighted by atomic mass is 32.1. The van der Waals surface area contributed by atoms with Crippen molar-refractivity contribution in [2.75, 3.05) is 67.9 Å². The number of carbonyl (C=O) groups excluding carboxylic acids is 2. The molecular formula is C60H77N13O6S. The number of likely N-dealkylation sites (tertiary alicyclic amines) is 2. The number of aromatic hydroxyl groups is 1. The summed E-state index contributed by atoms with van der Waals surface area (Å²) >= 11 is 1.60. The number of anilines is 3. The number of amides is 2. The highest BCUT2D eigenvalue weighted by Crippen LogP contribution is 2.40. The van der Waals surface area contributed by atoms with Crippen molar-refractivity contribution in [2.45, 2.75) is 146 Å². The molecule has 424 valence electrons. The van der Waals surface area contributed by atoms with Crippen LogP contribution < -0.4 is 20.9 Å². The maximum atomic E-state index is 14.4. The van der Waals surface area contributed by atoms with Gasteiger partial charge in [-0.1, -0.05) is 55.4 Å². The Hall–Kier alpha value is -6.45. The maximum Gasteiger partial charge on any atom is 0.243 e. The summed E-state index contributed by atoms with van der Waals surface area (Å²) < 4.78 is 14.8. The van der Waals surface area contributed by atoms with Crippen LogP contribution in [-0.2, 0) is 20.9 Å². The molecule has 0 spiro atoms. The van der Waals surface area contributed by atoms with Crippen LogP contribution in [0.4, 0.5) is 17.3 Å². The van der Waals surface area contributed by atoms with E-state index in [2.05, 4.69) is 62.3 Å². The Balaban J connectivity index is 0.560. The second-order valence-corrected chi connectivity index (χ2v) is 24.8. The number of thiazole rings is 1. The average molecular weight is 1110 g/mol. The van der Waals surface area contributed by atoms with Gasteiger partial charge in [-0.3, -0.25) is 19.2 Å². The van der Waals surface area contributed by atoms with E-state index in [4.69, 9.17) is 20.1 Å². The number of ether oxygens (including phenoxy) is 1. The predicted molar refractivity (Wildman–Crippen MR) is 307 cm³/mol. The lowest BCUT2D eigenvalue weighted by molar-refractivity contribution is -0.141. The number of carbonyl (C=O) groups is 2. The van der Waals surface area contributed by atoms with Crippen molar-refractivity contribution in [3.05, 3.63) is 101 Å². The number of phenolic OH excluding ortho intramolecular Hbond substituents is 1. The third-order valence-corrected chi connectivity index (χ3v) is 19.2. The molecule has 9 heterocycles. The summed E-state index contributed by atoms with van der Waals surface area (Å²) in [7, 11) is 0. The van der Waals surface area contributed by atoms with Crippen LogP contribution in [0.25, 0.3) is 21.7 Å². The third-order valence-electron chi connectivity index (χ3n) is 18.2. The Kier molecular flexibility index (Phi) is 15.7. The number of aliphatic hydroxyl groups is 1. The number of nitrogen functional groups attached to an aromatic ring is 1. The molecule has 5 saturated heterocycles. The Morgan fingerprint density at radius 2 is 1.62 bits per heavy atom. The van der Waals surface area contributed by atoms with Gasteiger partial charge in [0.25, 0.3) is 0 Å². The number of nitrogens with two attached hydrogens (primary N) is 1. The number of fused-ring (bicyclic) bond motifs is 2. The van der Waals surface area contributed by atoms with Gasteiger partial charge in [-0.05, 0) is 106 Å². The van der Waals surface area contributed by atoms with Crippen LogP contribution in [0.1, 0.15) is 119 Å². The van der Waals surface area contributed by atoms with Gasteiger partial charge in [0.1, 0.15) is 17.7 Å². The summed E-state index contributed by atoms with van der Waals surface area (Å²) in [5.74, 6) is 1.14. The lowest BCUT2D eigenvalue weighted by Gasteiger charge is -2.42. The number of para-hydroxylation sites is 1. The number of hydrogen-bond acceptors (Lipinski definition) is 17. The van der Waals surface area contributed by atoms with E-state index in [-0.39, 0.29) is 48.6 Å². The molecule has 1 saturated carbocycles. The lowest BCUT2D eigenvalue weighted by atomic mass is 9.89. The summed E-state index contributed by atoms with van der Waals surface area (Å²) in [6, 6.07) is 19.3. The predicted octanol–water partition coefficient (Wildman–Crippen LogP) is 7.58. The number of nitrogens with zero attached hydrogens (tertiary/aromatic N) is 11. The van der Waals surface area contributed by atoms with E-state index in [0.29, 0.717) is 53.0 Å². The van der Waals surface area contributed by atoms with Gasteiger partial charge in [0.15, 0.2) is 17.4 Å². The van der Waals surface area contributed by atoms with Crippen LogP contribution in [0, 0.1) is 18.8 Å². The van der Waals surface area contributed by atoms with Gasteiger partial charge in [0.05, 0.1) is 64.1 Å². The van der Waals surface area contributed by atoms with Crippen LogP contribution in [0.5, 0.6) is 5.75 Å². The minimum atomic E-state index is -0.799. The fraction of sp³-hybridized carbons (Fsp3) is 0.550. The minimum absolute atomic E-state index is 0.0885. The zero-order valence-corrected chi connectivity index (χ0v) is 47.3. The summed E-state index contributed by atoms with van der Waals surface area (Å²) in [5, 5.41) is 42.3. The van der Waals surface area contributed by atoms with Crippen LogP contribution in [-0.4, -0.2) is 156 Å². The first kappa shape index (κ1) is 54.2. The molecule has 20 heteroatoms. The molecule has 4 aromatic heterocycles. The monoisotopic (exact) mass is 1110 g/mol. The summed E-state index contributed by atoms with van der Waals surface area (Å²) in [6.07, 6.45) is 12.8. The smallest absolute Gasteiger partial charge is 0.243 e. The topological polar surface area (TPSA) is 221 Å². The number of nitrogens with one attached hydrogen (secondary N) is 1. The molecule has 6 aromatic rings. The Bertz CT molecular complexity index is 3090. The van der Waals surface area contributed by atoms with Crippen molar-refractivity contribution < 1.29 is 29.1 Å².